The minimum atomic E-state index is -0.850. The van der Waals surface area contributed by atoms with Crippen LogP contribution in [0.5, 0.6) is 0 Å². The number of benzene rings is 1. The molecule has 0 amide bonds. The van der Waals surface area contributed by atoms with Crippen LogP contribution in [0.3, 0.4) is 0 Å². The van der Waals surface area contributed by atoms with Crippen molar-refractivity contribution in [3.63, 3.8) is 0 Å². The van der Waals surface area contributed by atoms with Gasteiger partial charge in [-0.15, -0.1) is 0 Å². The Morgan fingerprint density at radius 1 is 1.45 bits per heavy atom. The van der Waals surface area contributed by atoms with Crippen LogP contribution in [0.4, 0.5) is 13.2 Å². The fourth-order valence-electron chi connectivity index (χ4n) is 1.60. The van der Waals surface area contributed by atoms with Gasteiger partial charge in [-0.1, -0.05) is 0 Å². The first-order valence-electron chi connectivity index (χ1n) is 5.46. The Kier molecular flexibility index (Phi) is 3.83. The number of aliphatic imine (C=N–C) groups is 2. The lowest BCUT2D eigenvalue weighted by Crippen LogP contribution is -2.12. The Morgan fingerprint density at radius 2 is 2.20 bits per heavy atom. The molecule has 0 spiro atoms. The van der Waals surface area contributed by atoms with Crippen molar-refractivity contribution in [2.45, 2.75) is 6.54 Å². The molecule has 0 fully saturated rings. The summed E-state index contributed by atoms with van der Waals surface area (Å²) in [6.45, 7) is 2.94. The Labute approximate surface area is 111 Å². The van der Waals surface area contributed by atoms with Crippen molar-refractivity contribution in [1.29, 1.82) is 0 Å². The summed E-state index contributed by atoms with van der Waals surface area (Å²) in [6.07, 6.45) is 0.806. The van der Waals surface area contributed by atoms with Crippen LogP contribution >= 0.6 is 0 Å². The van der Waals surface area contributed by atoms with Gasteiger partial charge in [0.15, 0.2) is 17.5 Å². The van der Waals surface area contributed by atoms with E-state index in [9.17, 15) is 13.2 Å². The number of aromatic nitrogens is 2. The van der Waals surface area contributed by atoms with E-state index in [1.807, 2.05) is 0 Å². The first-order chi connectivity index (χ1) is 9.52. The standard InChI is InChI=1S/C12H10F3N5/c1-17-4-9(15)12(16)18-5-10-7-2-6(13)3-8(14)11(7)20-19-10/h2-4H,1,5H2,(H2,16,18)(H,19,20)/b9-4+. The van der Waals surface area contributed by atoms with Gasteiger partial charge in [0.25, 0.3) is 0 Å². The molecule has 0 unspecified atom stereocenters. The van der Waals surface area contributed by atoms with E-state index < -0.39 is 23.3 Å². The number of fused-ring (bicyclic) bond motifs is 1. The van der Waals surface area contributed by atoms with Gasteiger partial charge >= 0.3 is 0 Å². The van der Waals surface area contributed by atoms with Crippen molar-refractivity contribution in [2.24, 2.45) is 15.7 Å². The second kappa shape index (κ2) is 5.55. The third kappa shape index (κ3) is 2.68. The van der Waals surface area contributed by atoms with E-state index in [1.165, 1.54) is 0 Å². The van der Waals surface area contributed by atoms with Gasteiger partial charge in [-0.05, 0) is 12.8 Å². The maximum Gasteiger partial charge on any atom is 0.182 e. The Bertz CT molecular complexity index is 717. The third-order valence-electron chi connectivity index (χ3n) is 2.52. The number of rotatable bonds is 4. The summed E-state index contributed by atoms with van der Waals surface area (Å²) in [5, 5.41) is 6.45. The summed E-state index contributed by atoms with van der Waals surface area (Å²) in [6, 6.07) is 1.85. The first kappa shape index (κ1) is 13.8. The Hall–Kier alpha value is -2.64. The fourth-order valence-corrected chi connectivity index (χ4v) is 1.60. The number of hydrogen-bond acceptors (Lipinski definition) is 3. The highest BCUT2D eigenvalue weighted by Crippen LogP contribution is 2.21. The zero-order valence-corrected chi connectivity index (χ0v) is 10.2. The molecule has 1 aromatic heterocycles. The topological polar surface area (TPSA) is 79.4 Å². The number of aromatic amines is 1. The Morgan fingerprint density at radius 3 is 2.90 bits per heavy atom. The van der Waals surface area contributed by atoms with Gasteiger partial charge in [-0.3, -0.25) is 15.1 Å². The Balaban J connectivity index is 2.33. The average Bonchev–Trinajstić information content (AvgIpc) is 2.79. The van der Waals surface area contributed by atoms with Crippen LogP contribution in [0.15, 0.2) is 34.1 Å². The summed E-state index contributed by atoms with van der Waals surface area (Å²) in [4.78, 5) is 6.94. The van der Waals surface area contributed by atoms with Gasteiger partial charge in [0.05, 0.1) is 18.4 Å². The summed E-state index contributed by atoms with van der Waals surface area (Å²) < 4.78 is 39.8. The fraction of sp³-hybridized carbons (Fsp3) is 0.0833. The average molecular weight is 281 g/mol. The van der Waals surface area contributed by atoms with Crippen LogP contribution in [-0.2, 0) is 6.54 Å². The molecule has 104 valence electrons. The number of nitrogens with zero attached hydrogens (tertiary/aromatic N) is 3. The van der Waals surface area contributed by atoms with E-state index >= 15 is 0 Å². The van der Waals surface area contributed by atoms with Crippen molar-refractivity contribution < 1.29 is 13.2 Å². The van der Waals surface area contributed by atoms with Crippen LogP contribution in [0, 0.1) is 11.6 Å². The molecular formula is C12H10F3N5. The van der Waals surface area contributed by atoms with Crippen LogP contribution in [0.2, 0.25) is 0 Å². The van der Waals surface area contributed by atoms with Gasteiger partial charge < -0.3 is 5.73 Å². The molecule has 3 N–H and O–H groups in total. The molecule has 0 aliphatic rings. The molecule has 0 atom stereocenters. The predicted molar refractivity (Wildman–Crippen MR) is 70.1 cm³/mol. The van der Waals surface area contributed by atoms with Gasteiger partial charge in [0, 0.05) is 11.5 Å². The highest BCUT2D eigenvalue weighted by Gasteiger charge is 2.11. The van der Waals surface area contributed by atoms with Gasteiger partial charge in [-0.2, -0.15) is 5.10 Å². The summed E-state index contributed by atoms with van der Waals surface area (Å²) in [7, 11) is 0. The molecule has 8 heteroatoms. The minimum Gasteiger partial charge on any atom is -0.381 e. The molecule has 0 saturated carbocycles. The molecule has 2 rings (SSSR count). The van der Waals surface area contributed by atoms with Crippen molar-refractivity contribution in [3.05, 3.63) is 41.5 Å². The van der Waals surface area contributed by atoms with Crippen LogP contribution in [0.25, 0.3) is 10.9 Å². The van der Waals surface area contributed by atoms with E-state index in [0.717, 1.165) is 18.3 Å². The molecule has 0 aliphatic heterocycles. The number of nitrogens with two attached hydrogens (primary N) is 1. The molecule has 1 aromatic carbocycles. The van der Waals surface area contributed by atoms with Crippen LogP contribution in [0.1, 0.15) is 5.69 Å². The zero-order chi connectivity index (χ0) is 14.7. The molecule has 0 radical (unpaired) electrons. The SMILES string of the molecule is C=N/C=C(F)\C(N)=N/Cc1n[nH]c2c(F)cc(F)cc12. The van der Waals surface area contributed by atoms with Gasteiger partial charge in [-0.25, -0.2) is 13.2 Å². The van der Waals surface area contributed by atoms with Crippen molar-refractivity contribution in [3.8, 4) is 0 Å². The number of hydrogen-bond donors (Lipinski definition) is 2. The third-order valence-corrected chi connectivity index (χ3v) is 2.52. The first-order valence-corrected chi connectivity index (χ1v) is 5.46. The maximum absolute atomic E-state index is 13.4. The number of halogens is 3. The molecule has 0 aliphatic carbocycles. The summed E-state index contributed by atoms with van der Waals surface area (Å²) >= 11 is 0. The molecule has 2 aromatic rings. The molecule has 1 heterocycles. The van der Waals surface area contributed by atoms with Crippen molar-refractivity contribution >= 4 is 23.5 Å². The number of amidine groups is 1. The quantitative estimate of drug-likeness (QED) is 0.665. The molecule has 20 heavy (non-hydrogen) atoms. The minimum absolute atomic E-state index is 0.0546. The number of H-pyrrole nitrogens is 1. The normalized spacial score (nSPS) is 12.9. The second-order valence-electron chi connectivity index (χ2n) is 3.84. The largest absolute Gasteiger partial charge is 0.381 e. The van der Waals surface area contributed by atoms with E-state index in [2.05, 4.69) is 26.9 Å². The summed E-state index contributed by atoms with van der Waals surface area (Å²) in [5.74, 6) is -2.75. The molecule has 0 saturated heterocycles. The van der Waals surface area contributed by atoms with Crippen LogP contribution < -0.4 is 5.73 Å². The van der Waals surface area contributed by atoms with E-state index in [4.69, 9.17) is 5.73 Å². The van der Waals surface area contributed by atoms with Gasteiger partial charge in [0.1, 0.15) is 11.3 Å². The number of nitrogens with one attached hydrogen (secondary N) is 1. The predicted octanol–water partition coefficient (Wildman–Crippen LogP) is 2.21. The lowest BCUT2D eigenvalue weighted by Gasteiger charge is -1.97. The smallest absolute Gasteiger partial charge is 0.182 e. The zero-order valence-electron chi connectivity index (χ0n) is 10.2. The summed E-state index contributed by atoms with van der Waals surface area (Å²) in [5.41, 5.74) is 5.66. The lowest BCUT2D eigenvalue weighted by atomic mass is 10.2. The van der Waals surface area contributed by atoms with Crippen molar-refractivity contribution in [1.82, 2.24) is 10.2 Å². The van der Waals surface area contributed by atoms with Gasteiger partial charge in [0.2, 0.25) is 0 Å². The van der Waals surface area contributed by atoms with Crippen LogP contribution in [-0.4, -0.2) is 22.8 Å². The van der Waals surface area contributed by atoms with E-state index in [0.29, 0.717) is 0 Å². The monoisotopic (exact) mass is 281 g/mol. The molecular weight excluding hydrogens is 271 g/mol. The highest BCUT2D eigenvalue weighted by atomic mass is 19.1. The lowest BCUT2D eigenvalue weighted by molar-refractivity contribution is 0.590. The molecule has 0 bridgehead atoms. The highest BCUT2D eigenvalue weighted by molar-refractivity contribution is 5.95. The second-order valence-corrected chi connectivity index (χ2v) is 3.84. The van der Waals surface area contributed by atoms with Crippen molar-refractivity contribution in [2.75, 3.05) is 0 Å². The maximum atomic E-state index is 13.4. The van der Waals surface area contributed by atoms with E-state index in [1.54, 1.807) is 0 Å². The van der Waals surface area contributed by atoms with E-state index in [-0.39, 0.29) is 23.1 Å². The molecule has 5 nitrogen and oxygen atoms in total.